The number of benzene rings is 2. The Labute approximate surface area is 260 Å². The van der Waals surface area contributed by atoms with Crippen molar-refractivity contribution in [3.63, 3.8) is 0 Å². The summed E-state index contributed by atoms with van der Waals surface area (Å²) in [7, 11) is 0. The standard InChI is InChI=1S/C38H54N2O3/c1-6-8-10-11-12-16-25-40-35-28-33(39-29-32-20-14-13-15-21-32)22-23-34(35)36(42-26-9-7-2)37(38(40)41)43-27-24-31(5)19-17-18-30(3)4/h13-15,18,20-24,28,39H,6-12,16-17,19,25-27,29H2,1-5H3. The predicted octanol–water partition coefficient (Wildman–Crippen LogP) is 10.2. The van der Waals surface area contributed by atoms with Crippen molar-refractivity contribution in [2.75, 3.05) is 18.5 Å². The highest BCUT2D eigenvalue weighted by atomic mass is 16.5. The number of fused-ring (bicyclic) bond motifs is 1. The smallest absolute Gasteiger partial charge is 0.297 e. The zero-order valence-corrected chi connectivity index (χ0v) is 27.3. The molecule has 0 spiro atoms. The molecule has 0 saturated heterocycles. The van der Waals surface area contributed by atoms with E-state index in [0.29, 0.717) is 37.8 Å². The van der Waals surface area contributed by atoms with Crippen LogP contribution in [0.1, 0.15) is 104 Å². The third-order valence-electron chi connectivity index (χ3n) is 7.75. The molecule has 3 rings (SSSR count). The first-order valence-corrected chi connectivity index (χ1v) is 16.5. The lowest BCUT2D eigenvalue weighted by molar-refractivity contribution is 0.278. The van der Waals surface area contributed by atoms with E-state index in [1.54, 1.807) is 0 Å². The maximum atomic E-state index is 14.1. The molecule has 1 heterocycles. The van der Waals surface area contributed by atoms with Gasteiger partial charge in [0.1, 0.15) is 6.61 Å². The van der Waals surface area contributed by atoms with Gasteiger partial charge in [0.2, 0.25) is 5.75 Å². The van der Waals surface area contributed by atoms with E-state index in [4.69, 9.17) is 9.47 Å². The lowest BCUT2D eigenvalue weighted by Gasteiger charge is -2.19. The number of hydrogen-bond acceptors (Lipinski definition) is 4. The van der Waals surface area contributed by atoms with Gasteiger partial charge in [-0.15, -0.1) is 0 Å². The summed E-state index contributed by atoms with van der Waals surface area (Å²) in [6.07, 6.45) is 15.3. The Hall–Kier alpha value is -3.47. The van der Waals surface area contributed by atoms with Gasteiger partial charge >= 0.3 is 0 Å². The molecular formula is C38H54N2O3. The van der Waals surface area contributed by atoms with Gasteiger partial charge in [0.05, 0.1) is 12.1 Å². The predicted molar refractivity (Wildman–Crippen MR) is 184 cm³/mol. The van der Waals surface area contributed by atoms with E-state index >= 15 is 0 Å². The van der Waals surface area contributed by atoms with Gasteiger partial charge in [-0.1, -0.05) is 99.9 Å². The highest BCUT2D eigenvalue weighted by Gasteiger charge is 2.20. The molecule has 2 aromatic carbocycles. The first kappa shape index (κ1) is 34.0. The molecule has 234 valence electrons. The van der Waals surface area contributed by atoms with Gasteiger partial charge in [0.15, 0.2) is 5.75 Å². The first-order chi connectivity index (χ1) is 20.9. The number of aryl methyl sites for hydroxylation is 1. The SMILES string of the molecule is CCCCCCCCn1c(=O)c(OCC=C(C)CCC=C(C)C)c(OCCCC)c2ccc(NCc3ccccc3)cc21. The normalized spacial score (nSPS) is 11.5. The molecule has 0 bridgehead atoms. The number of unbranched alkanes of at least 4 members (excludes halogenated alkanes) is 6. The molecule has 5 heteroatoms. The average Bonchev–Trinajstić information content (AvgIpc) is 3.00. The Bertz CT molecular complexity index is 1370. The molecule has 0 aliphatic heterocycles. The van der Waals surface area contributed by atoms with Crippen molar-refractivity contribution < 1.29 is 9.47 Å². The number of pyridine rings is 1. The molecular weight excluding hydrogens is 532 g/mol. The van der Waals surface area contributed by atoms with Gasteiger partial charge in [-0.05, 0) is 76.3 Å². The van der Waals surface area contributed by atoms with Crippen LogP contribution in [0.4, 0.5) is 5.69 Å². The fraction of sp³-hybridized carbons (Fsp3) is 0.500. The Morgan fingerprint density at radius 3 is 2.33 bits per heavy atom. The highest BCUT2D eigenvalue weighted by Crippen LogP contribution is 2.35. The average molecular weight is 587 g/mol. The summed E-state index contributed by atoms with van der Waals surface area (Å²) in [5.74, 6) is 0.894. The maximum Gasteiger partial charge on any atom is 0.297 e. The van der Waals surface area contributed by atoms with Crippen LogP contribution in [0.15, 0.2) is 76.6 Å². The van der Waals surface area contributed by atoms with E-state index in [0.717, 1.165) is 55.1 Å². The van der Waals surface area contributed by atoms with Crippen LogP contribution in [0.25, 0.3) is 10.9 Å². The highest BCUT2D eigenvalue weighted by molar-refractivity contribution is 5.90. The number of nitrogens with zero attached hydrogens (tertiary/aromatic N) is 1. The van der Waals surface area contributed by atoms with E-state index in [1.165, 1.54) is 42.4 Å². The Balaban J connectivity index is 1.96. The van der Waals surface area contributed by atoms with Gasteiger partial charge < -0.3 is 19.4 Å². The lowest BCUT2D eigenvalue weighted by atomic mass is 10.1. The minimum absolute atomic E-state index is 0.108. The largest absolute Gasteiger partial charge is 0.489 e. The summed E-state index contributed by atoms with van der Waals surface area (Å²) >= 11 is 0. The molecule has 43 heavy (non-hydrogen) atoms. The van der Waals surface area contributed by atoms with Crippen LogP contribution < -0.4 is 20.3 Å². The van der Waals surface area contributed by atoms with E-state index in [-0.39, 0.29) is 5.56 Å². The van der Waals surface area contributed by atoms with Crippen LogP contribution >= 0.6 is 0 Å². The number of anilines is 1. The molecule has 0 unspecified atom stereocenters. The molecule has 0 aliphatic rings. The lowest BCUT2D eigenvalue weighted by Crippen LogP contribution is -2.24. The zero-order chi connectivity index (χ0) is 30.9. The molecule has 3 aromatic rings. The van der Waals surface area contributed by atoms with Crippen LogP contribution in [-0.2, 0) is 13.1 Å². The van der Waals surface area contributed by atoms with E-state index < -0.39 is 0 Å². The molecule has 1 aromatic heterocycles. The summed E-state index contributed by atoms with van der Waals surface area (Å²) < 4.78 is 14.5. The van der Waals surface area contributed by atoms with Crippen LogP contribution in [0.5, 0.6) is 11.5 Å². The number of allylic oxidation sites excluding steroid dienone is 3. The minimum Gasteiger partial charge on any atom is -0.489 e. The van der Waals surface area contributed by atoms with E-state index in [9.17, 15) is 4.79 Å². The topological polar surface area (TPSA) is 52.5 Å². The zero-order valence-electron chi connectivity index (χ0n) is 27.3. The number of aromatic nitrogens is 1. The molecule has 5 nitrogen and oxygen atoms in total. The van der Waals surface area contributed by atoms with E-state index in [2.05, 4.69) is 94.6 Å². The first-order valence-electron chi connectivity index (χ1n) is 16.5. The minimum atomic E-state index is -0.108. The van der Waals surface area contributed by atoms with Gasteiger partial charge in [-0.2, -0.15) is 0 Å². The maximum absolute atomic E-state index is 14.1. The van der Waals surface area contributed by atoms with Crippen molar-refractivity contribution in [3.05, 3.63) is 87.7 Å². The van der Waals surface area contributed by atoms with Crippen LogP contribution in [0, 0.1) is 0 Å². The van der Waals surface area contributed by atoms with Crippen LogP contribution in [0.3, 0.4) is 0 Å². The van der Waals surface area contributed by atoms with Gasteiger partial charge in [-0.25, -0.2) is 0 Å². The Morgan fingerprint density at radius 2 is 1.58 bits per heavy atom. The van der Waals surface area contributed by atoms with Crippen molar-refractivity contribution in [2.45, 2.75) is 112 Å². The number of ether oxygens (including phenoxy) is 2. The summed E-state index contributed by atoms with van der Waals surface area (Å²) in [6.45, 7) is 13.0. The Kier molecular flexibility index (Phi) is 15.0. The van der Waals surface area contributed by atoms with Crippen molar-refractivity contribution in [2.24, 2.45) is 0 Å². The molecule has 0 radical (unpaired) electrons. The molecule has 0 saturated carbocycles. The van der Waals surface area contributed by atoms with Gasteiger partial charge in [-0.3, -0.25) is 4.79 Å². The molecule has 0 fully saturated rings. The monoisotopic (exact) mass is 586 g/mol. The van der Waals surface area contributed by atoms with Crippen molar-refractivity contribution in [3.8, 4) is 11.5 Å². The summed E-state index contributed by atoms with van der Waals surface area (Å²) in [4.78, 5) is 14.1. The molecule has 0 aliphatic carbocycles. The van der Waals surface area contributed by atoms with E-state index in [1.807, 2.05) is 10.6 Å². The molecule has 1 N–H and O–H groups in total. The van der Waals surface area contributed by atoms with Crippen LogP contribution in [-0.4, -0.2) is 17.8 Å². The number of rotatable bonds is 20. The number of nitrogens with one attached hydrogen (secondary N) is 1. The summed E-state index contributed by atoms with van der Waals surface area (Å²) in [5.41, 5.74) is 5.57. The summed E-state index contributed by atoms with van der Waals surface area (Å²) in [5, 5.41) is 4.47. The number of hydrogen-bond donors (Lipinski definition) is 1. The third kappa shape index (κ3) is 11.3. The van der Waals surface area contributed by atoms with Crippen molar-refractivity contribution in [1.82, 2.24) is 4.57 Å². The quantitative estimate of drug-likeness (QED) is 0.106. The van der Waals surface area contributed by atoms with Crippen LogP contribution in [0.2, 0.25) is 0 Å². The van der Waals surface area contributed by atoms with Gasteiger partial charge in [0, 0.05) is 24.2 Å². The molecule has 0 amide bonds. The van der Waals surface area contributed by atoms with Crippen molar-refractivity contribution >= 4 is 16.6 Å². The third-order valence-corrected chi connectivity index (χ3v) is 7.75. The van der Waals surface area contributed by atoms with Crippen molar-refractivity contribution in [1.29, 1.82) is 0 Å². The second-order valence-electron chi connectivity index (χ2n) is 11.8. The molecule has 0 atom stereocenters. The fourth-order valence-corrected chi connectivity index (χ4v) is 5.13. The second-order valence-corrected chi connectivity index (χ2v) is 11.8. The Morgan fingerprint density at radius 1 is 0.837 bits per heavy atom. The fourth-order valence-electron chi connectivity index (χ4n) is 5.13. The van der Waals surface area contributed by atoms with Gasteiger partial charge in [0.25, 0.3) is 5.56 Å². The second kappa shape index (κ2) is 18.9. The summed E-state index contributed by atoms with van der Waals surface area (Å²) in [6, 6.07) is 16.6.